The predicted octanol–water partition coefficient (Wildman–Crippen LogP) is 4.47. The molecular formula is C26H31F3N4O5. The average molecular weight is 537 g/mol. The fraction of sp³-hybridized carbons (Fsp3) is 0.385. The minimum Gasteiger partial charge on any atom is -0.461 e. The zero-order chi connectivity index (χ0) is 28.3. The molecule has 0 aliphatic carbocycles. The largest absolute Gasteiger partial charge is 0.461 e. The van der Waals surface area contributed by atoms with Crippen LogP contribution in [0.25, 0.3) is 11.3 Å². The maximum atomic E-state index is 13.4. The van der Waals surface area contributed by atoms with Crippen molar-refractivity contribution in [3.8, 4) is 11.3 Å². The van der Waals surface area contributed by atoms with Crippen LogP contribution in [0.4, 0.5) is 13.2 Å². The first-order valence-electron chi connectivity index (χ1n) is 12.1. The molecule has 0 unspecified atom stereocenters. The number of amides is 3. The fourth-order valence-corrected chi connectivity index (χ4v) is 3.49. The average Bonchev–Trinajstić information content (AvgIpc) is 3.36. The number of carbonyl (C=O) groups is 4. The number of primary amides is 1. The number of nitrogens with zero attached hydrogens (tertiary/aromatic N) is 1. The maximum absolute atomic E-state index is 13.4. The smallest absolute Gasteiger partial charge is 0.417 e. The quantitative estimate of drug-likeness (QED) is 0.159. The molecule has 0 saturated carbocycles. The van der Waals surface area contributed by atoms with E-state index in [-0.39, 0.29) is 48.5 Å². The highest BCUT2D eigenvalue weighted by molar-refractivity contribution is 5.98. The van der Waals surface area contributed by atoms with E-state index in [2.05, 4.69) is 10.4 Å². The molecule has 0 spiro atoms. The second-order valence-electron chi connectivity index (χ2n) is 8.27. The molecule has 1 heterocycles. The van der Waals surface area contributed by atoms with E-state index in [1.165, 1.54) is 36.4 Å². The van der Waals surface area contributed by atoms with Crippen LogP contribution in [0.15, 0.2) is 48.2 Å². The van der Waals surface area contributed by atoms with Gasteiger partial charge in [-0.05, 0) is 44.4 Å². The molecule has 9 nitrogen and oxygen atoms in total. The van der Waals surface area contributed by atoms with Gasteiger partial charge in [0, 0.05) is 24.1 Å². The number of aromatic amines is 1. The van der Waals surface area contributed by atoms with Gasteiger partial charge < -0.3 is 15.5 Å². The SMILES string of the molecule is CCCCC(=O)N(NC(=O)c1ccc(-c2ccccc2C(F)(F)F)[nH]1)/C(=C\CCCC(N)=O)C(=O)OCC. The Kier molecular flexibility index (Phi) is 11.1. The van der Waals surface area contributed by atoms with E-state index in [9.17, 15) is 32.3 Å². The molecule has 38 heavy (non-hydrogen) atoms. The number of H-pyrrole nitrogens is 1. The van der Waals surface area contributed by atoms with Crippen molar-refractivity contribution in [3.63, 3.8) is 0 Å². The first-order chi connectivity index (χ1) is 18.0. The number of ether oxygens (including phenoxy) is 1. The van der Waals surface area contributed by atoms with Gasteiger partial charge in [0.2, 0.25) is 11.8 Å². The molecule has 0 saturated heterocycles. The van der Waals surface area contributed by atoms with Gasteiger partial charge in [-0.15, -0.1) is 0 Å². The Labute approximate surface area is 218 Å². The third-order valence-corrected chi connectivity index (χ3v) is 5.35. The number of unbranched alkanes of at least 4 members (excludes halogenated alkanes) is 2. The molecule has 0 aliphatic rings. The number of aromatic nitrogens is 1. The van der Waals surface area contributed by atoms with E-state index in [1.807, 2.05) is 6.92 Å². The molecule has 0 bridgehead atoms. The maximum Gasteiger partial charge on any atom is 0.417 e. The topological polar surface area (TPSA) is 135 Å². The fourth-order valence-electron chi connectivity index (χ4n) is 3.49. The van der Waals surface area contributed by atoms with Crippen LogP contribution in [-0.2, 0) is 25.3 Å². The molecule has 2 rings (SSSR count). The Morgan fingerprint density at radius 1 is 1.05 bits per heavy atom. The Morgan fingerprint density at radius 2 is 1.76 bits per heavy atom. The number of nitrogens with one attached hydrogen (secondary N) is 2. The number of hydrazine groups is 1. The highest BCUT2D eigenvalue weighted by Gasteiger charge is 2.34. The number of benzene rings is 1. The number of alkyl halides is 3. The summed E-state index contributed by atoms with van der Waals surface area (Å²) < 4.78 is 45.4. The summed E-state index contributed by atoms with van der Waals surface area (Å²) in [5.74, 6) is -2.86. The molecule has 2 aromatic rings. The molecular weight excluding hydrogens is 505 g/mol. The number of allylic oxidation sites excluding steroid dienone is 1. The van der Waals surface area contributed by atoms with Crippen LogP contribution in [0.3, 0.4) is 0 Å². The van der Waals surface area contributed by atoms with Crippen molar-refractivity contribution >= 4 is 23.7 Å². The van der Waals surface area contributed by atoms with E-state index in [0.717, 1.165) is 11.1 Å². The molecule has 4 N–H and O–H groups in total. The molecule has 0 atom stereocenters. The number of nitrogens with two attached hydrogens (primary N) is 1. The van der Waals surface area contributed by atoms with E-state index < -0.39 is 35.4 Å². The molecule has 0 aliphatic heterocycles. The highest BCUT2D eigenvalue weighted by atomic mass is 19.4. The van der Waals surface area contributed by atoms with E-state index in [0.29, 0.717) is 19.3 Å². The third kappa shape index (κ3) is 8.49. The standard InChI is InChI=1S/C26H31F3N4O5/c1-3-5-14-23(35)33(21(25(37)38-4-2)12-8-9-13-22(30)34)32-24(36)20-16-15-19(31-20)17-10-6-7-11-18(17)26(27,28)29/h6-7,10-12,15-16,31H,3-5,8-9,13-14H2,1-2H3,(H2,30,34)(H,32,36)/b21-12-. The minimum absolute atomic E-state index is 0.000991. The van der Waals surface area contributed by atoms with Crippen molar-refractivity contribution in [2.75, 3.05) is 6.61 Å². The number of hydrogen-bond donors (Lipinski definition) is 3. The van der Waals surface area contributed by atoms with Crippen molar-refractivity contribution in [1.29, 1.82) is 0 Å². The van der Waals surface area contributed by atoms with Crippen LogP contribution in [0.1, 0.15) is 68.4 Å². The van der Waals surface area contributed by atoms with Crippen LogP contribution >= 0.6 is 0 Å². The predicted molar refractivity (Wildman–Crippen MR) is 133 cm³/mol. The normalized spacial score (nSPS) is 11.7. The number of rotatable bonds is 12. The number of carbonyl (C=O) groups excluding carboxylic acids is 4. The van der Waals surface area contributed by atoms with Gasteiger partial charge in [0.1, 0.15) is 11.4 Å². The number of halogens is 3. The summed E-state index contributed by atoms with van der Waals surface area (Å²) in [6.07, 6.45) is -1.57. The summed E-state index contributed by atoms with van der Waals surface area (Å²) in [6.45, 7) is 3.44. The van der Waals surface area contributed by atoms with E-state index in [4.69, 9.17) is 10.5 Å². The van der Waals surface area contributed by atoms with Crippen LogP contribution in [0.2, 0.25) is 0 Å². The van der Waals surface area contributed by atoms with Gasteiger partial charge in [-0.25, -0.2) is 9.80 Å². The Morgan fingerprint density at radius 3 is 2.39 bits per heavy atom. The third-order valence-electron chi connectivity index (χ3n) is 5.35. The zero-order valence-corrected chi connectivity index (χ0v) is 21.2. The van der Waals surface area contributed by atoms with Gasteiger partial charge in [-0.1, -0.05) is 37.6 Å². The summed E-state index contributed by atoms with van der Waals surface area (Å²) >= 11 is 0. The van der Waals surface area contributed by atoms with Gasteiger partial charge in [0.15, 0.2) is 0 Å². The van der Waals surface area contributed by atoms with Gasteiger partial charge in [0.25, 0.3) is 5.91 Å². The number of esters is 1. The van der Waals surface area contributed by atoms with Crippen LogP contribution < -0.4 is 11.2 Å². The Balaban J connectivity index is 2.38. The summed E-state index contributed by atoms with van der Waals surface area (Å²) in [4.78, 5) is 52.4. The van der Waals surface area contributed by atoms with Crippen molar-refractivity contribution in [1.82, 2.24) is 15.4 Å². The van der Waals surface area contributed by atoms with Crippen LogP contribution in [-0.4, -0.2) is 40.3 Å². The minimum atomic E-state index is -4.61. The van der Waals surface area contributed by atoms with Crippen LogP contribution in [0.5, 0.6) is 0 Å². The molecule has 0 radical (unpaired) electrons. The monoisotopic (exact) mass is 536 g/mol. The highest BCUT2D eigenvalue weighted by Crippen LogP contribution is 2.36. The number of hydrogen-bond acceptors (Lipinski definition) is 5. The second-order valence-corrected chi connectivity index (χ2v) is 8.27. The molecule has 1 aromatic carbocycles. The summed E-state index contributed by atoms with van der Waals surface area (Å²) in [6, 6.07) is 7.48. The van der Waals surface area contributed by atoms with E-state index >= 15 is 0 Å². The Hall–Kier alpha value is -4.09. The van der Waals surface area contributed by atoms with E-state index in [1.54, 1.807) is 6.92 Å². The van der Waals surface area contributed by atoms with Gasteiger partial charge in [0.05, 0.1) is 12.2 Å². The van der Waals surface area contributed by atoms with Crippen molar-refractivity contribution in [2.45, 2.75) is 58.5 Å². The Bertz CT molecular complexity index is 1170. The summed E-state index contributed by atoms with van der Waals surface area (Å²) in [5, 5.41) is 0.782. The first-order valence-corrected chi connectivity index (χ1v) is 12.1. The van der Waals surface area contributed by atoms with Gasteiger partial charge in [-0.2, -0.15) is 13.2 Å². The summed E-state index contributed by atoms with van der Waals surface area (Å²) in [5.41, 5.74) is 6.14. The van der Waals surface area contributed by atoms with Gasteiger partial charge >= 0.3 is 12.1 Å². The molecule has 3 amide bonds. The van der Waals surface area contributed by atoms with Crippen molar-refractivity contribution in [2.24, 2.45) is 5.73 Å². The van der Waals surface area contributed by atoms with Crippen molar-refractivity contribution in [3.05, 3.63) is 59.4 Å². The second kappa shape index (κ2) is 14.0. The molecule has 12 heteroatoms. The lowest BCUT2D eigenvalue weighted by Gasteiger charge is -2.24. The van der Waals surface area contributed by atoms with Gasteiger partial charge in [-0.3, -0.25) is 19.8 Å². The van der Waals surface area contributed by atoms with Crippen molar-refractivity contribution < 1.29 is 37.1 Å². The lowest BCUT2D eigenvalue weighted by atomic mass is 10.0. The molecule has 0 fully saturated rings. The molecule has 1 aromatic heterocycles. The summed E-state index contributed by atoms with van der Waals surface area (Å²) in [7, 11) is 0. The lowest BCUT2D eigenvalue weighted by molar-refractivity contribution is -0.145. The first kappa shape index (κ1) is 30.1. The zero-order valence-electron chi connectivity index (χ0n) is 21.2. The molecule has 206 valence electrons. The van der Waals surface area contributed by atoms with Crippen LogP contribution in [0, 0.1) is 0 Å². The lowest BCUT2D eigenvalue weighted by Crippen LogP contribution is -2.47.